The Morgan fingerprint density at radius 1 is 1.21 bits per heavy atom. The molecule has 152 valence electrons. The van der Waals surface area contributed by atoms with Gasteiger partial charge in [-0.05, 0) is 43.4 Å². The van der Waals surface area contributed by atoms with Crippen LogP contribution in [0.1, 0.15) is 54.6 Å². The van der Waals surface area contributed by atoms with Gasteiger partial charge < -0.3 is 9.84 Å². The van der Waals surface area contributed by atoms with Crippen LogP contribution in [0.15, 0.2) is 64.3 Å². The minimum atomic E-state index is -0.103. The van der Waals surface area contributed by atoms with Crippen molar-refractivity contribution in [2.24, 2.45) is 0 Å². The number of aryl methyl sites for hydroxylation is 1. The van der Waals surface area contributed by atoms with Crippen molar-refractivity contribution in [1.29, 1.82) is 0 Å². The zero-order valence-corrected chi connectivity index (χ0v) is 18.1. The fourth-order valence-corrected chi connectivity index (χ4v) is 4.30. The number of benzene rings is 1. The number of hydrogen-bond acceptors (Lipinski definition) is 5. The van der Waals surface area contributed by atoms with Crippen molar-refractivity contribution in [3.8, 4) is 0 Å². The number of pyridine rings is 1. The molecule has 0 aliphatic heterocycles. The standard InChI is InChI=1S/C23H27N3O2S/c1-16(14-23(3,4)18-9-6-5-7-10-18)25-21(27)20-11-8-12-24-22(20)29-15-19-13-17(2)28-26-19/h5-13,16H,14-15H2,1-4H3,(H,25,27). The van der Waals surface area contributed by atoms with E-state index in [1.807, 2.05) is 32.0 Å². The van der Waals surface area contributed by atoms with Crippen LogP contribution in [0, 0.1) is 6.92 Å². The SMILES string of the molecule is Cc1cc(CSc2ncccc2C(=O)NC(C)CC(C)(C)c2ccccc2)no1. The summed E-state index contributed by atoms with van der Waals surface area (Å²) in [4.78, 5) is 17.3. The van der Waals surface area contributed by atoms with Gasteiger partial charge in [0.05, 0.1) is 11.3 Å². The predicted octanol–water partition coefficient (Wildman–Crippen LogP) is 5.16. The molecule has 6 heteroatoms. The van der Waals surface area contributed by atoms with Crippen LogP contribution in [-0.2, 0) is 11.2 Å². The average molecular weight is 410 g/mol. The number of carbonyl (C=O) groups excluding carboxylic acids is 1. The number of thioether (sulfide) groups is 1. The molecule has 29 heavy (non-hydrogen) atoms. The number of aromatic nitrogens is 2. The normalized spacial score (nSPS) is 12.6. The lowest BCUT2D eigenvalue weighted by Gasteiger charge is -2.29. The van der Waals surface area contributed by atoms with Crippen molar-refractivity contribution < 1.29 is 9.32 Å². The molecule has 1 atom stereocenters. The molecule has 1 N–H and O–H groups in total. The van der Waals surface area contributed by atoms with Gasteiger partial charge >= 0.3 is 0 Å². The third-order valence-electron chi connectivity index (χ3n) is 4.80. The van der Waals surface area contributed by atoms with Gasteiger partial charge in [0.1, 0.15) is 10.8 Å². The molecule has 3 rings (SSSR count). The van der Waals surface area contributed by atoms with Crippen LogP contribution >= 0.6 is 11.8 Å². The minimum Gasteiger partial charge on any atom is -0.361 e. The highest BCUT2D eigenvalue weighted by Gasteiger charge is 2.25. The zero-order valence-electron chi connectivity index (χ0n) is 17.3. The van der Waals surface area contributed by atoms with E-state index < -0.39 is 0 Å². The summed E-state index contributed by atoms with van der Waals surface area (Å²) in [5, 5.41) is 7.83. The molecule has 0 aliphatic rings. The van der Waals surface area contributed by atoms with Gasteiger partial charge in [0.15, 0.2) is 0 Å². The lowest BCUT2D eigenvalue weighted by atomic mass is 9.79. The second-order valence-electron chi connectivity index (χ2n) is 7.90. The molecule has 0 spiro atoms. The lowest BCUT2D eigenvalue weighted by molar-refractivity contribution is 0.0931. The Morgan fingerprint density at radius 2 is 1.97 bits per heavy atom. The van der Waals surface area contributed by atoms with Gasteiger partial charge in [0.25, 0.3) is 5.91 Å². The van der Waals surface area contributed by atoms with E-state index in [0.717, 1.165) is 17.9 Å². The largest absolute Gasteiger partial charge is 0.361 e. The summed E-state index contributed by atoms with van der Waals surface area (Å²) < 4.78 is 5.10. The maximum absolute atomic E-state index is 12.9. The Labute approximate surface area is 176 Å². The first-order valence-electron chi connectivity index (χ1n) is 9.71. The first-order chi connectivity index (χ1) is 13.8. The molecule has 2 aromatic heterocycles. The van der Waals surface area contributed by atoms with E-state index in [4.69, 9.17) is 4.52 Å². The molecule has 0 radical (unpaired) electrons. The molecule has 5 nitrogen and oxygen atoms in total. The lowest BCUT2D eigenvalue weighted by Crippen LogP contribution is -2.37. The summed E-state index contributed by atoms with van der Waals surface area (Å²) >= 11 is 1.48. The van der Waals surface area contributed by atoms with Crippen molar-refractivity contribution in [1.82, 2.24) is 15.5 Å². The third kappa shape index (κ3) is 5.70. The fraction of sp³-hybridized carbons (Fsp3) is 0.348. The summed E-state index contributed by atoms with van der Waals surface area (Å²) in [6.07, 6.45) is 2.54. The predicted molar refractivity (Wildman–Crippen MR) is 116 cm³/mol. The molecule has 1 aromatic carbocycles. The molecule has 1 unspecified atom stereocenters. The van der Waals surface area contributed by atoms with Crippen LogP contribution in [0.3, 0.4) is 0 Å². The number of nitrogens with zero attached hydrogens (tertiary/aromatic N) is 2. The van der Waals surface area contributed by atoms with Gasteiger partial charge in [0.2, 0.25) is 0 Å². The molecule has 1 amide bonds. The number of hydrogen-bond donors (Lipinski definition) is 1. The summed E-state index contributed by atoms with van der Waals surface area (Å²) in [6, 6.07) is 15.9. The highest BCUT2D eigenvalue weighted by atomic mass is 32.2. The quantitative estimate of drug-likeness (QED) is 0.521. The molecule has 0 aliphatic carbocycles. The van der Waals surface area contributed by atoms with Gasteiger partial charge in [-0.3, -0.25) is 4.79 Å². The fourth-order valence-electron chi connectivity index (χ4n) is 3.43. The van der Waals surface area contributed by atoms with Crippen LogP contribution in [0.5, 0.6) is 0 Å². The highest BCUT2D eigenvalue weighted by molar-refractivity contribution is 7.98. The summed E-state index contributed by atoms with van der Waals surface area (Å²) in [5.74, 6) is 1.27. The number of rotatable bonds is 8. The van der Waals surface area contributed by atoms with Gasteiger partial charge in [0, 0.05) is 24.1 Å². The Kier molecular flexibility index (Phi) is 6.75. The van der Waals surface area contributed by atoms with Crippen LogP contribution < -0.4 is 5.32 Å². The topological polar surface area (TPSA) is 68.0 Å². The first-order valence-corrected chi connectivity index (χ1v) is 10.7. The third-order valence-corrected chi connectivity index (χ3v) is 5.84. The van der Waals surface area contributed by atoms with Gasteiger partial charge in [-0.2, -0.15) is 0 Å². The molecule has 3 aromatic rings. The highest BCUT2D eigenvalue weighted by Crippen LogP contribution is 2.29. The van der Waals surface area contributed by atoms with Crippen molar-refractivity contribution in [3.05, 3.63) is 77.3 Å². The number of nitrogens with one attached hydrogen (secondary N) is 1. The minimum absolute atomic E-state index is 0.0222. The van der Waals surface area contributed by atoms with E-state index in [1.165, 1.54) is 17.3 Å². The second kappa shape index (κ2) is 9.27. The molecule has 2 heterocycles. The van der Waals surface area contributed by atoms with Gasteiger partial charge in [-0.1, -0.05) is 61.1 Å². The summed E-state index contributed by atoms with van der Waals surface area (Å²) in [6.45, 7) is 8.32. The van der Waals surface area contributed by atoms with E-state index in [0.29, 0.717) is 16.3 Å². The second-order valence-corrected chi connectivity index (χ2v) is 8.87. The zero-order chi connectivity index (χ0) is 20.9. The summed E-state index contributed by atoms with van der Waals surface area (Å²) in [7, 11) is 0. The Bertz CT molecular complexity index is 954. The van der Waals surface area contributed by atoms with E-state index in [9.17, 15) is 4.79 Å². The maximum Gasteiger partial charge on any atom is 0.254 e. The molecule has 0 saturated carbocycles. The van der Waals surface area contributed by atoms with E-state index in [1.54, 1.807) is 12.3 Å². The van der Waals surface area contributed by atoms with Crippen molar-refractivity contribution >= 4 is 17.7 Å². The number of carbonyl (C=O) groups is 1. The summed E-state index contributed by atoms with van der Waals surface area (Å²) in [5.41, 5.74) is 2.65. The van der Waals surface area contributed by atoms with Crippen LogP contribution in [0.4, 0.5) is 0 Å². The van der Waals surface area contributed by atoms with Crippen molar-refractivity contribution in [2.75, 3.05) is 0 Å². The van der Waals surface area contributed by atoms with Gasteiger partial charge in [-0.15, -0.1) is 0 Å². The smallest absolute Gasteiger partial charge is 0.254 e. The Balaban J connectivity index is 1.64. The van der Waals surface area contributed by atoms with E-state index in [2.05, 4.69) is 53.6 Å². The molecule has 0 saturated heterocycles. The van der Waals surface area contributed by atoms with Crippen molar-refractivity contribution in [3.63, 3.8) is 0 Å². The van der Waals surface area contributed by atoms with Crippen molar-refractivity contribution in [2.45, 2.75) is 56.4 Å². The molecule has 0 bridgehead atoms. The van der Waals surface area contributed by atoms with Gasteiger partial charge in [-0.25, -0.2) is 4.98 Å². The monoisotopic (exact) mass is 409 g/mol. The first kappa shape index (κ1) is 21.1. The molecular formula is C23H27N3O2S. The Hall–Kier alpha value is -2.60. The molecular weight excluding hydrogens is 382 g/mol. The van der Waals surface area contributed by atoms with Crippen LogP contribution in [0.2, 0.25) is 0 Å². The average Bonchev–Trinajstić information content (AvgIpc) is 3.12. The molecule has 0 fully saturated rings. The number of amides is 1. The van der Waals surface area contributed by atoms with E-state index >= 15 is 0 Å². The Morgan fingerprint density at radius 3 is 2.66 bits per heavy atom. The van der Waals surface area contributed by atoms with Crippen LogP contribution in [0.25, 0.3) is 0 Å². The maximum atomic E-state index is 12.9. The van der Waals surface area contributed by atoms with Crippen LogP contribution in [-0.4, -0.2) is 22.1 Å². The van der Waals surface area contributed by atoms with E-state index in [-0.39, 0.29) is 17.4 Å².